The van der Waals surface area contributed by atoms with Gasteiger partial charge >= 0.3 is 6.09 Å². The van der Waals surface area contributed by atoms with Crippen LogP contribution in [-0.2, 0) is 11.8 Å². The van der Waals surface area contributed by atoms with Gasteiger partial charge in [0.15, 0.2) is 0 Å². The van der Waals surface area contributed by atoms with E-state index < -0.39 is 0 Å². The first kappa shape index (κ1) is 15.1. The van der Waals surface area contributed by atoms with Crippen LogP contribution >= 0.6 is 0 Å². The van der Waals surface area contributed by atoms with Gasteiger partial charge < -0.3 is 14.6 Å². The molecule has 2 heterocycles. The van der Waals surface area contributed by atoms with E-state index in [4.69, 9.17) is 4.74 Å². The Balaban J connectivity index is 1.85. The van der Waals surface area contributed by atoms with Gasteiger partial charge in [-0.1, -0.05) is 6.07 Å². The fraction of sp³-hybridized carbons (Fsp3) is 0.294. The topological polar surface area (TPSA) is 63.6 Å². The highest BCUT2D eigenvalue weighted by molar-refractivity contribution is 6.04. The largest absolute Gasteiger partial charge is 0.447 e. The lowest BCUT2D eigenvalue weighted by atomic mass is 10.1. The van der Waals surface area contributed by atoms with Crippen LogP contribution in [0.15, 0.2) is 30.3 Å². The van der Waals surface area contributed by atoms with Crippen molar-refractivity contribution in [3.63, 3.8) is 0 Å². The predicted octanol–water partition coefficient (Wildman–Crippen LogP) is 2.85. The number of hydrogen-bond acceptors (Lipinski definition) is 3. The minimum Gasteiger partial charge on any atom is -0.447 e. The van der Waals surface area contributed by atoms with E-state index in [0.29, 0.717) is 24.5 Å². The molecule has 1 N–H and O–H groups in total. The van der Waals surface area contributed by atoms with Crippen LogP contribution in [0.25, 0.3) is 0 Å². The Morgan fingerprint density at radius 2 is 2.00 bits per heavy atom. The van der Waals surface area contributed by atoms with Gasteiger partial charge in [-0.25, -0.2) is 4.79 Å². The Kier molecular flexibility index (Phi) is 3.82. The summed E-state index contributed by atoms with van der Waals surface area (Å²) < 4.78 is 6.82. The maximum atomic E-state index is 12.4. The number of hydrogen-bond donors (Lipinski definition) is 1. The number of nitrogens with zero attached hydrogens (tertiary/aromatic N) is 2. The summed E-state index contributed by atoms with van der Waals surface area (Å²) in [5, 5.41) is 2.88. The molecule has 0 atom stereocenters. The summed E-state index contributed by atoms with van der Waals surface area (Å²) in [6.45, 7) is 4.78. The highest BCUT2D eigenvalue weighted by atomic mass is 16.6. The van der Waals surface area contributed by atoms with Crippen LogP contribution in [0.5, 0.6) is 0 Å². The lowest BCUT2D eigenvalue weighted by Crippen LogP contribution is -2.24. The average Bonchev–Trinajstić information content (AvgIpc) is 3.08. The van der Waals surface area contributed by atoms with Crippen LogP contribution in [0.3, 0.4) is 0 Å². The van der Waals surface area contributed by atoms with Crippen molar-refractivity contribution in [1.29, 1.82) is 0 Å². The fourth-order valence-corrected chi connectivity index (χ4v) is 2.63. The zero-order valence-corrected chi connectivity index (χ0v) is 13.4. The Labute approximate surface area is 134 Å². The lowest BCUT2D eigenvalue weighted by Gasteiger charge is -2.17. The lowest BCUT2D eigenvalue weighted by molar-refractivity contribution is 0.101. The molecule has 0 bridgehead atoms. The van der Waals surface area contributed by atoms with Crippen LogP contribution < -0.4 is 10.2 Å². The predicted molar refractivity (Wildman–Crippen MR) is 88.0 cm³/mol. The summed E-state index contributed by atoms with van der Waals surface area (Å²) in [6, 6.07) is 9.20. The van der Waals surface area contributed by atoms with Crippen molar-refractivity contribution in [2.75, 3.05) is 23.4 Å². The molecule has 1 saturated heterocycles. The van der Waals surface area contributed by atoms with Crippen molar-refractivity contribution in [3.05, 3.63) is 47.3 Å². The van der Waals surface area contributed by atoms with Gasteiger partial charge in [-0.05, 0) is 43.7 Å². The Hall–Kier alpha value is -2.76. The summed E-state index contributed by atoms with van der Waals surface area (Å²) in [5.74, 6) is -0.181. The van der Waals surface area contributed by atoms with Crippen LogP contribution in [0.1, 0.15) is 21.7 Å². The number of cyclic esters (lactones) is 1. The number of ether oxygens (including phenoxy) is 1. The quantitative estimate of drug-likeness (QED) is 0.947. The third-order valence-corrected chi connectivity index (χ3v) is 4.12. The molecule has 2 amide bonds. The van der Waals surface area contributed by atoms with E-state index in [-0.39, 0.29) is 12.0 Å². The van der Waals surface area contributed by atoms with Gasteiger partial charge in [0.05, 0.1) is 12.2 Å². The number of aryl methyl sites for hydroxylation is 2. The molecule has 120 valence electrons. The van der Waals surface area contributed by atoms with Gasteiger partial charge in [0, 0.05) is 18.4 Å². The summed E-state index contributed by atoms with van der Waals surface area (Å²) in [5.41, 5.74) is 3.96. The van der Waals surface area contributed by atoms with Crippen LogP contribution in [0.2, 0.25) is 0 Å². The summed E-state index contributed by atoms with van der Waals surface area (Å²) in [4.78, 5) is 25.7. The number of aromatic nitrogens is 1. The number of rotatable bonds is 3. The maximum absolute atomic E-state index is 12.4. The molecule has 0 unspecified atom stereocenters. The first-order valence-electron chi connectivity index (χ1n) is 7.46. The molecule has 6 nitrogen and oxygen atoms in total. The first-order valence-corrected chi connectivity index (χ1v) is 7.46. The molecule has 1 fully saturated rings. The Morgan fingerprint density at radius 3 is 2.61 bits per heavy atom. The molecule has 1 aliphatic heterocycles. The normalized spacial score (nSPS) is 14.0. The molecule has 1 aromatic carbocycles. The Morgan fingerprint density at radius 1 is 1.22 bits per heavy atom. The second-order valence-electron chi connectivity index (χ2n) is 5.64. The highest BCUT2D eigenvalue weighted by Crippen LogP contribution is 2.27. The molecule has 0 radical (unpaired) electrons. The molecule has 1 aromatic heterocycles. The van der Waals surface area contributed by atoms with Gasteiger partial charge in [0.2, 0.25) is 0 Å². The van der Waals surface area contributed by atoms with Crippen molar-refractivity contribution in [2.45, 2.75) is 13.8 Å². The minimum absolute atomic E-state index is 0.181. The van der Waals surface area contributed by atoms with E-state index in [9.17, 15) is 9.59 Å². The SMILES string of the molecule is Cc1ccc(NC(=O)c2ccc(C)n2C)cc1N1CCOC1=O. The van der Waals surface area contributed by atoms with Crippen LogP contribution in [0.4, 0.5) is 16.2 Å². The molecule has 0 spiro atoms. The van der Waals surface area contributed by atoms with Crippen molar-refractivity contribution in [3.8, 4) is 0 Å². The molecule has 23 heavy (non-hydrogen) atoms. The molecule has 3 rings (SSSR count). The van der Waals surface area contributed by atoms with E-state index in [0.717, 1.165) is 16.9 Å². The summed E-state index contributed by atoms with van der Waals surface area (Å²) in [6.07, 6.45) is -0.352. The van der Waals surface area contributed by atoms with Crippen molar-refractivity contribution >= 4 is 23.4 Å². The summed E-state index contributed by atoms with van der Waals surface area (Å²) in [7, 11) is 1.85. The third kappa shape index (κ3) is 2.79. The third-order valence-electron chi connectivity index (χ3n) is 4.12. The van der Waals surface area contributed by atoms with E-state index in [1.54, 1.807) is 17.0 Å². The van der Waals surface area contributed by atoms with E-state index in [1.807, 2.05) is 43.7 Å². The summed E-state index contributed by atoms with van der Waals surface area (Å²) >= 11 is 0. The second-order valence-corrected chi connectivity index (χ2v) is 5.64. The molecule has 0 aliphatic carbocycles. The number of carbonyl (C=O) groups is 2. The van der Waals surface area contributed by atoms with E-state index in [1.165, 1.54) is 0 Å². The maximum Gasteiger partial charge on any atom is 0.414 e. The number of amides is 2. The van der Waals surface area contributed by atoms with Crippen molar-refractivity contribution in [1.82, 2.24) is 4.57 Å². The van der Waals surface area contributed by atoms with Gasteiger partial charge in [-0.15, -0.1) is 0 Å². The molecule has 2 aromatic rings. The molecule has 0 saturated carbocycles. The van der Waals surface area contributed by atoms with Crippen LogP contribution in [0, 0.1) is 13.8 Å². The molecular weight excluding hydrogens is 294 g/mol. The van der Waals surface area contributed by atoms with Crippen molar-refractivity contribution < 1.29 is 14.3 Å². The van der Waals surface area contributed by atoms with Gasteiger partial charge in [0.1, 0.15) is 12.3 Å². The van der Waals surface area contributed by atoms with Gasteiger partial charge in [-0.3, -0.25) is 9.69 Å². The molecule has 1 aliphatic rings. The molecule has 6 heteroatoms. The second kappa shape index (κ2) is 5.79. The standard InChI is InChI=1S/C17H19N3O3/c1-11-4-6-13(10-15(11)20-8-9-23-17(20)22)18-16(21)14-7-5-12(2)19(14)3/h4-7,10H,8-9H2,1-3H3,(H,18,21). The fourth-order valence-electron chi connectivity index (χ4n) is 2.63. The smallest absolute Gasteiger partial charge is 0.414 e. The Bertz CT molecular complexity index is 779. The zero-order valence-electron chi connectivity index (χ0n) is 13.4. The van der Waals surface area contributed by atoms with Crippen LogP contribution in [-0.4, -0.2) is 29.7 Å². The van der Waals surface area contributed by atoms with E-state index in [2.05, 4.69) is 5.32 Å². The number of anilines is 2. The van der Waals surface area contributed by atoms with Gasteiger partial charge in [0.25, 0.3) is 5.91 Å². The monoisotopic (exact) mass is 313 g/mol. The number of nitrogens with one attached hydrogen (secondary N) is 1. The van der Waals surface area contributed by atoms with E-state index >= 15 is 0 Å². The zero-order chi connectivity index (χ0) is 16.6. The minimum atomic E-state index is -0.352. The molecular formula is C17H19N3O3. The highest BCUT2D eigenvalue weighted by Gasteiger charge is 2.25. The van der Waals surface area contributed by atoms with Gasteiger partial charge in [-0.2, -0.15) is 0 Å². The number of benzene rings is 1. The number of carbonyl (C=O) groups excluding carboxylic acids is 2. The average molecular weight is 313 g/mol. The first-order chi connectivity index (χ1) is 11.0. The van der Waals surface area contributed by atoms with Crippen molar-refractivity contribution in [2.24, 2.45) is 7.05 Å².